The topological polar surface area (TPSA) is 78.6 Å². The number of rotatable bonds is 8. The minimum atomic E-state index is -0.951. The number of nitriles is 1. The van der Waals surface area contributed by atoms with Crippen LogP contribution in [0.25, 0.3) is 6.08 Å². The van der Waals surface area contributed by atoms with Crippen LogP contribution in [0.1, 0.15) is 43.3 Å². The molecule has 0 radical (unpaired) electrons. The third-order valence-electron chi connectivity index (χ3n) is 6.37. The van der Waals surface area contributed by atoms with Gasteiger partial charge in [-0.2, -0.15) is 5.26 Å². The minimum Gasteiger partial charge on any atom is -0.448 e. The third-order valence-corrected chi connectivity index (χ3v) is 6.37. The summed E-state index contributed by atoms with van der Waals surface area (Å²) in [6, 6.07) is 14.2. The maximum absolute atomic E-state index is 12.9. The van der Waals surface area contributed by atoms with Crippen LogP contribution in [0.4, 0.5) is 0 Å². The molecule has 186 valence electrons. The number of carbonyl (C=O) groups excluding carboxylic acids is 2. The van der Waals surface area contributed by atoms with E-state index in [1.165, 1.54) is 5.56 Å². The van der Waals surface area contributed by atoms with Crippen molar-refractivity contribution in [2.24, 2.45) is 5.92 Å². The third kappa shape index (κ3) is 6.83. The summed E-state index contributed by atoms with van der Waals surface area (Å²) in [6.45, 7) is 14.2. The van der Waals surface area contributed by atoms with Gasteiger partial charge in [0.15, 0.2) is 6.10 Å². The van der Waals surface area contributed by atoms with Gasteiger partial charge < -0.3 is 14.2 Å². The smallest absolute Gasteiger partial charge is 0.349 e. The summed E-state index contributed by atoms with van der Waals surface area (Å²) >= 11 is 0. The molecule has 1 aromatic heterocycles. The van der Waals surface area contributed by atoms with Crippen molar-refractivity contribution in [2.75, 3.05) is 26.2 Å². The molecule has 0 aliphatic carbocycles. The van der Waals surface area contributed by atoms with Gasteiger partial charge in [0.25, 0.3) is 5.91 Å². The molecule has 7 heteroatoms. The van der Waals surface area contributed by atoms with E-state index in [4.69, 9.17) is 4.74 Å². The normalized spacial score (nSPS) is 15.7. The first-order chi connectivity index (χ1) is 16.7. The highest BCUT2D eigenvalue weighted by atomic mass is 16.5. The molecule has 1 atom stereocenters. The average Bonchev–Trinajstić information content (AvgIpc) is 3.10. The van der Waals surface area contributed by atoms with Crippen LogP contribution in [0.3, 0.4) is 0 Å². The van der Waals surface area contributed by atoms with Crippen LogP contribution in [-0.4, -0.2) is 58.5 Å². The number of hydrogen-bond donors (Lipinski definition) is 0. The van der Waals surface area contributed by atoms with E-state index in [-0.39, 0.29) is 11.5 Å². The first-order valence-electron chi connectivity index (χ1n) is 12.2. The average molecular weight is 477 g/mol. The predicted molar refractivity (Wildman–Crippen MR) is 136 cm³/mol. The molecule has 1 unspecified atom stereocenters. The zero-order chi connectivity index (χ0) is 25.5. The van der Waals surface area contributed by atoms with Crippen LogP contribution in [0.2, 0.25) is 0 Å². The standard InChI is InChI=1S/C28H36N4O3/c1-20(2)18-32-21(3)15-25(22(32)4)16-26(17-29)28(34)35-23(5)27(33)31-13-11-30(12-14-31)19-24-9-7-6-8-10-24/h6-10,15-16,20,23H,11-14,18-19H2,1-5H3/b26-16+. The molecule has 3 rings (SSSR count). The summed E-state index contributed by atoms with van der Waals surface area (Å²) in [5.41, 5.74) is 4.01. The fourth-order valence-corrected chi connectivity index (χ4v) is 4.41. The summed E-state index contributed by atoms with van der Waals surface area (Å²) in [5, 5.41) is 9.59. The zero-order valence-electron chi connectivity index (χ0n) is 21.5. The van der Waals surface area contributed by atoms with Gasteiger partial charge in [0.2, 0.25) is 0 Å². The molecule has 1 aliphatic heterocycles. The van der Waals surface area contributed by atoms with E-state index in [9.17, 15) is 14.9 Å². The maximum atomic E-state index is 12.9. The van der Waals surface area contributed by atoms with Gasteiger partial charge in [-0.15, -0.1) is 0 Å². The van der Waals surface area contributed by atoms with E-state index in [1.807, 2.05) is 44.2 Å². The Labute approximate surface area is 208 Å². The number of piperazine rings is 1. The number of benzene rings is 1. The monoisotopic (exact) mass is 476 g/mol. The Balaban J connectivity index is 1.58. The molecule has 1 aliphatic rings. The summed E-state index contributed by atoms with van der Waals surface area (Å²) in [5.74, 6) is -0.529. The van der Waals surface area contributed by atoms with Gasteiger partial charge in [0.1, 0.15) is 11.6 Å². The first-order valence-corrected chi connectivity index (χ1v) is 12.2. The van der Waals surface area contributed by atoms with Crippen molar-refractivity contribution >= 4 is 18.0 Å². The number of carbonyl (C=O) groups is 2. The number of esters is 1. The molecule has 0 N–H and O–H groups in total. The minimum absolute atomic E-state index is 0.109. The van der Waals surface area contributed by atoms with Crippen molar-refractivity contribution in [3.8, 4) is 6.07 Å². The van der Waals surface area contributed by atoms with Crippen LogP contribution < -0.4 is 0 Å². The van der Waals surface area contributed by atoms with Gasteiger partial charge in [-0.25, -0.2) is 4.79 Å². The second kappa shape index (κ2) is 11.9. The second-order valence-electron chi connectivity index (χ2n) is 9.64. The summed E-state index contributed by atoms with van der Waals surface area (Å²) in [4.78, 5) is 29.6. The van der Waals surface area contributed by atoms with E-state index >= 15 is 0 Å². The Hall–Kier alpha value is -3.37. The van der Waals surface area contributed by atoms with Crippen molar-refractivity contribution in [1.82, 2.24) is 14.4 Å². The lowest BCUT2D eigenvalue weighted by Crippen LogP contribution is -2.51. The van der Waals surface area contributed by atoms with Crippen LogP contribution >= 0.6 is 0 Å². The Bertz CT molecular complexity index is 1100. The van der Waals surface area contributed by atoms with Crippen molar-refractivity contribution in [3.05, 3.63) is 64.5 Å². The van der Waals surface area contributed by atoms with Crippen molar-refractivity contribution < 1.29 is 14.3 Å². The molecular formula is C28H36N4O3. The predicted octanol–water partition coefficient (Wildman–Crippen LogP) is 3.94. The van der Waals surface area contributed by atoms with Crippen LogP contribution in [0.5, 0.6) is 0 Å². The van der Waals surface area contributed by atoms with Crippen LogP contribution in [0.15, 0.2) is 42.0 Å². The Morgan fingerprint density at radius 2 is 1.74 bits per heavy atom. The van der Waals surface area contributed by atoms with E-state index in [1.54, 1.807) is 17.9 Å². The number of nitrogens with zero attached hydrogens (tertiary/aromatic N) is 4. The number of aryl methyl sites for hydroxylation is 1. The summed E-state index contributed by atoms with van der Waals surface area (Å²) in [6.07, 6.45) is 0.606. The van der Waals surface area contributed by atoms with Gasteiger partial charge in [-0.1, -0.05) is 44.2 Å². The lowest BCUT2D eigenvalue weighted by atomic mass is 10.1. The molecule has 2 aromatic rings. The number of amides is 1. The van der Waals surface area contributed by atoms with E-state index < -0.39 is 12.1 Å². The lowest BCUT2D eigenvalue weighted by molar-refractivity contribution is -0.156. The molecule has 1 fully saturated rings. The SMILES string of the molecule is Cc1cc(/C=C(\C#N)C(=O)OC(C)C(=O)N2CCN(Cc3ccccc3)CC2)c(C)n1CC(C)C. The molecule has 2 heterocycles. The van der Waals surface area contributed by atoms with E-state index in [2.05, 4.69) is 35.4 Å². The molecule has 1 amide bonds. The molecule has 1 saturated heterocycles. The fourth-order valence-electron chi connectivity index (χ4n) is 4.41. The van der Waals surface area contributed by atoms with Crippen molar-refractivity contribution in [2.45, 2.75) is 53.8 Å². The first kappa shape index (κ1) is 26.2. The summed E-state index contributed by atoms with van der Waals surface area (Å²) in [7, 11) is 0. The molecular weight excluding hydrogens is 440 g/mol. The van der Waals surface area contributed by atoms with Crippen LogP contribution in [-0.2, 0) is 27.4 Å². The number of hydrogen-bond acceptors (Lipinski definition) is 5. The molecule has 0 saturated carbocycles. The lowest BCUT2D eigenvalue weighted by Gasteiger charge is -2.35. The Kier molecular flexibility index (Phi) is 8.89. The number of ether oxygens (including phenoxy) is 1. The molecule has 1 aromatic carbocycles. The van der Waals surface area contributed by atoms with Gasteiger partial charge in [-0.05, 0) is 50.0 Å². The fraction of sp³-hybridized carbons (Fsp3) is 0.464. The zero-order valence-corrected chi connectivity index (χ0v) is 21.5. The van der Waals surface area contributed by atoms with E-state index in [0.29, 0.717) is 19.0 Å². The van der Waals surface area contributed by atoms with Gasteiger partial charge in [0, 0.05) is 50.7 Å². The summed E-state index contributed by atoms with van der Waals surface area (Å²) < 4.78 is 7.59. The Morgan fingerprint density at radius 3 is 2.34 bits per heavy atom. The molecule has 0 bridgehead atoms. The highest BCUT2D eigenvalue weighted by molar-refractivity contribution is 5.99. The second-order valence-corrected chi connectivity index (χ2v) is 9.64. The quantitative estimate of drug-likeness (QED) is 0.328. The highest BCUT2D eigenvalue weighted by Gasteiger charge is 2.28. The van der Waals surface area contributed by atoms with Crippen LogP contribution in [0, 0.1) is 31.1 Å². The Morgan fingerprint density at radius 1 is 1.09 bits per heavy atom. The largest absolute Gasteiger partial charge is 0.448 e. The molecule has 0 spiro atoms. The van der Waals surface area contributed by atoms with E-state index in [0.717, 1.165) is 43.1 Å². The van der Waals surface area contributed by atoms with Crippen molar-refractivity contribution in [1.29, 1.82) is 5.26 Å². The molecule has 7 nitrogen and oxygen atoms in total. The number of aromatic nitrogens is 1. The van der Waals surface area contributed by atoms with Gasteiger partial charge in [-0.3, -0.25) is 9.69 Å². The molecule has 35 heavy (non-hydrogen) atoms. The van der Waals surface area contributed by atoms with Gasteiger partial charge in [0.05, 0.1) is 0 Å². The highest BCUT2D eigenvalue weighted by Crippen LogP contribution is 2.20. The van der Waals surface area contributed by atoms with Gasteiger partial charge >= 0.3 is 5.97 Å². The van der Waals surface area contributed by atoms with Crippen molar-refractivity contribution in [3.63, 3.8) is 0 Å². The maximum Gasteiger partial charge on any atom is 0.349 e.